The number of rotatable bonds is 6. The van der Waals surface area contributed by atoms with Gasteiger partial charge in [-0.1, -0.05) is 0 Å². The van der Waals surface area contributed by atoms with E-state index in [-0.39, 0.29) is 24.4 Å². The summed E-state index contributed by atoms with van der Waals surface area (Å²) in [6, 6.07) is 1.00. The van der Waals surface area contributed by atoms with Crippen molar-refractivity contribution in [1.82, 2.24) is 9.80 Å². The van der Waals surface area contributed by atoms with Gasteiger partial charge in [0.1, 0.15) is 0 Å². The van der Waals surface area contributed by atoms with E-state index in [0.29, 0.717) is 18.6 Å². The van der Waals surface area contributed by atoms with Crippen LogP contribution in [0.25, 0.3) is 0 Å². The molecule has 0 spiro atoms. The molecule has 1 aliphatic carbocycles. The highest BCUT2D eigenvalue weighted by Gasteiger charge is 2.40. The molecule has 2 aliphatic rings. The highest BCUT2D eigenvalue weighted by molar-refractivity contribution is 5.82. The van der Waals surface area contributed by atoms with E-state index >= 15 is 0 Å². The zero-order chi connectivity index (χ0) is 14.9. The monoisotopic (exact) mass is 282 g/mol. The van der Waals surface area contributed by atoms with Crippen LogP contribution in [0.2, 0.25) is 0 Å². The summed E-state index contributed by atoms with van der Waals surface area (Å²) in [6.45, 7) is 6.66. The zero-order valence-corrected chi connectivity index (χ0v) is 12.7. The maximum atomic E-state index is 12.7. The summed E-state index contributed by atoms with van der Waals surface area (Å²) in [6.07, 6.45) is 4.35. The van der Waals surface area contributed by atoms with E-state index in [2.05, 4.69) is 18.7 Å². The summed E-state index contributed by atoms with van der Waals surface area (Å²) in [5.74, 6) is -0.728. The van der Waals surface area contributed by atoms with E-state index in [1.165, 1.54) is 0 Å². The molecule has 114 valence electrons. The molecule has 3 unspecified atom stereocenters. The molecule has 0 aromatic heterocycles. The van der Waals surface area contributed by atoms with E-state index in [9.17, 15) is 9.59 Å². The van der Waals surface area contributed by atoms with Crippen LogP contribution in [-0.2, 0) is 9.59 Å². The van der Waals surface area contributed by atoms with Crippen LogP contribution in [0.3, 0.4) is 0 Å². The number of hydrogen-bond acceptors (Lipinski definition) is 3. The molecule has 2 rings (SSSR count). The van der Waals surface area contributed by atoms with Crippen LogP contribution in [-0.4, -0.2) is 57.5 Å². The Morgan fingerprint density at radius 3 is 2.20 bits per heavy atom. The molecule has 5 nitrogen and oxygen atoms in total. The lowest BCUT2D eigenvalue weighted by Gasteiger charge is -2.35. The summed E-state index contributed by atoms with van der Waals surface area (Å²) in [7, 11) is 0. The van der Waals surface area contributed by atoms with Gasteiger partial charge in [-0.15, -0.1) is 0 Å². The molecule has 1 heterocycles. The lowest BCUT2D eigenvalue weighted by atomic mass is 10.1. The molecule has 1 saturated carbocycles. The molecule has 20 heavy (non-hydrogen) atoms. The maximum Gasteiger partial charge on any atom is 0.305 e. The number of likely N-dealkylation sites (tertiary alicyclic amines) is 1. The number of nitrogens with zero attached hydrogens (tertiary/aromatic N) is 2. The SMILES string of the molecule is CC1CCC(C)N1C(C)C(=O)N(CCC(=O)O)C1CC1. The van der Waals surface area contributed by atoms with Crippen molar-refractivity contribution in [2.75, 3.05) is 6.54 Å². The van der Waals surface area contributed by atoms with Gasteiger partial charge in [0.05, 0.1) is 12.5 Å². The fourth-order valence-electron chi connectivity index (χ4n) is 3.42. The third-order valence-electron chi connectivity index (χ3n) is 4.66. The topological polar surface area (TPSA) is 60.9 Å². The smallest absolute Gasteiger partial charge is 0.305 e. The Kier molecular flexibility index (Phi) is 4.68. The van der Waals surface area contributed by atoms with E-state index in [1.807, 2.05) is 6.92 Å². The van der Waals surface area contributed by atoms with Crippen LogP contribution in [0.5, 0.6) is 0 Å². The summed E-state index contributed by atoms with van der Waals surface area (Å²) >= 11 is 0. The second-order valence-electron chi connectivity index (χ2n) is 6.31. The van der Waals surface area contributed by atoms with Gasteiger partial charge >= 0.3 is 5.97 Å². The van der Waals surface area contributed by atoms with Crippen molar-refractivity contribution in [3.05, 3.63) is 0 Å². The second-order valence-corrected chi connectivity index (χ2v) is 6.31. The molecular formula is C15H26N2O3. The first-order chi connectivity index (χ1) is 9.41. The molecule has 2 fully saturated rings. The van der Waals surface area contributed by atoms with Crippen LogP contribution in [0, 0.1) is 0 Å². The first kappa shape index (κ1) is 15.3. The van der Waals surface area contributed by atoms with E-state index in [1.54, 1.807) is 4.90 Å². The van der Waals surface area contributed by atoms with Crippen molar-refractivity contribution in [3.63, 3.8) is 0 Å². The van der Waals surface area contributed by atoms with E-state index in [4.69, 9.17) is 5.11 Å². The Balaban J connectivity index is 2.01. The third kappa shape index (κ3) is 3.32. The summed E-state index contributed by atoms with van der Waals surface area (Å²) in [4.78, 5) is 27.6. The zero-order valence-electron chi connectivity index (χ0n) is 12.7. The van der Waals surface area contributed by atoms with Gasteiger partial charge in [-0.3, -0.25) is 14.5 Å². The van der Waals surface area contributed by atoms with Gasteiger partial charge in [-0.2, -0.15) is 0 Å². The van der Waals surface area contributed by atoms with Crippen molar-refractivity contribution in [3.8, 4) is 0 Å². The van der Waals surface area contributed by atoms with Crippen molar-refractivity contribution in [2.45, 2.75) is 77.0 Å². The van der Waals surface area contributed by atoms with Crippen molar-refractivity contribution < 1.29 is 14.7 Å². The second kappa shape index (κ2) is 6.12. The molecule has 1 amide bonds. The quantitative estimate of drug-likeness (QED) is 0.805. The van der Waals surface area contributed by atoms with Gasteiger partial charge in [0.15, 0.2) is 0 Å². The number of carboxylic acids is 1. The van der Waals surface area contributed by atoms with Crippen LogP contribution < -0.4 is 0 Å². The van der Waals surface area contributed by atoms with Gasteiger partial charge in [0, 0.05) is 24.7 Å². The number of amides is 1. The van der Waals surface area contributed by atoms with Crippen LogP contribution in [0.1, 0.15) is 52.9 Å². The number of hydrogen-bond donors (Lipinski definition) is 1. The predicted octanol–water partition coefficient (Wildman–Crippen LogP) is 1.71. The molecule has 0 aromatic carbocycles. The molecule has 0 bridgehead atoms. The molecule has 1 saturated heterocycles. The molecule has 0 radical (unpaired) electrons. The van der Waals surface area contributed by atoms with Gasteiger partial charge < -0.3 is 10.0 Å². The molecular weight excluding hydrogens is 256 g/mol. The van der Waals surface area contributed by atoms with Crippen molar-refractivity contribution in [1.29, 1.82) is 0 Å². The maximum absolute atomic E-state index is 12.7. The van der Waals surface area contributed by atoms with Crippen LogP contribution in [0.4, 0.5) is 0 Å². The third-order valence-corrected chi connectivity index (χ3v) is 4.66. The average Bonchev–Trinajstić information content (AvgIpc) is 3.15. The Morgan fingerprint density at radius 1 is 1.20 bits per heavy atom. The number of carbonyl (C=O) groups excluding carboxylic acids is 1. The lowest BCUT2D eigenvalue weighted by Crippen LogP contribution is -2.51. The minimum atomic E-state index is -0.834. The minimum Gasteiger partial charge on any atom is -0.481 e. The predicted molar refractivity (Wildman–Crippen MR) is 76.4 cm³/mol. The minimum absolute atomic E-state index is 0.0417. The molecule has 5 heteroatoms. The average molecular weight is 282 g/mol. The van der Waals surface area contributed by atoms with Crippen molar-refractivity contribution >= 4 is 11.9 Å². The first-order valence-electron chi connectivity index (χ1n) is 7.71. The first-order valence-corrected chi connectivity index (χ1v) is 7.71. The largest absolute Gasteiger partial charge is 0.481 e. The summed E-state index contributed by atoms with van der Waals surface area (Å²) in [5.41, 5.74) is 0. The molecule has 1 aliphatic heterocycles. The van der Waals surface area contributed by atoms with E-state index < -0.39 is 5.97 Å². The van der Waals surface area contributed by atoms with Crippen molar-refractivity contribution in [2.24, 2.45) is 0 Å². The fourth-order valence-corrected chi connectivity index (χ4v) is 3.42. The lowest BCUT2D eigenvalue weighted by molar-refractivity contribution is -0.141. The number of carbonyl (C=O) groups is 2. The number of carboxylic acid groups (broad SMARTS) is 1. The highest BCUT2D eigenvalue weighted by Crippen LogP contribution is 2.31. The Labute approximate surface area is 120 Å². The summed E-state index contributed by atoms with van der Waals surface area (Å²) < 4.78 is 0. The van der Waals surface area contributed by atoms with Gasteiger partial charge in [0.2, 0.25) is 5.91 Å². The summed E-state index contributed by atoms with van der Waals surface area (Å²) in [5, 5.41) is 8.83. The van der Waals surface area contributed by atoms with E-state index in [0.717, 1.165) is 25.7 Å². The standard InChI is InChI=1S/C15H26N2O3/c1-10-4-5-11(2)17(10)12(3)15(20)16(13-6-7-13)9-8-14(18)19/h10-13H,4-9H2,1-3H3,(H,18,19). The normalized spacial score (nSPS) is 28.4. The van der Waals surface area contributed by atoms with Gasteiger partial charge in [0.25, 0.3) is 0 Å². The Morgan fingerprint density at radius 2 is 1.75 bits per heavy atom. The van der Waals surface area contributed by atoms with Gasteiger partial charge in [-0.25, -0.2) is 0 Å². The molecule has 3 atom stereocenters. The molecule has 1 N–H and O–H groups in total. The Hall–Kier alpha value is -1.10. The highest BCUT2D eigenvalue weighted by atomic mass is 16.4. The Bertz CT molecular complexity index is 371. The van der Waals surface area contributed by atoms with Gasteiger partial charge in [-0.05, 0) is 46.5 Å². The number of aliphatic carboxylic acids is 1. The fraction of sp³-hybridized carbons (Fsp3) is 0.867. The molecule has 0 aromatic rings. The van der Waals surface area contributed by atoms with Crippen LogP contribution in [0.15, 0.2) is 0 Å². The van der Waals surface area contributed by atoms with Crippen LogP contribution >= 0.6 is 0 Å².